The van der Waals surface area contributed by atoms with Gasteiger partial charge in [0.05, 0.1) is 6.61 Å². The number of ether oxygens (including phenoxy) is 2. The van der Waals surface area contributed by atoms with Crippen molar-refractivity contribution in [1.29, 1.82) is 0 Å². The molecule has 0 saturated heterocycles. The molecule has 0 spiro atoms. The van der Waals surface area contributed by atoms with Crippen LogP contribution in [0.1, 0.15) is 31.4 Å². The Kier molecular flexibility index (Phi) is 6.24. The molecular weight excluding hydrogens is 302 g/mol. The third kappa shape index (κ3) is 4.75. The first kappa shape index (κ1) is 17.9. The van der Waals surface area contributed by atoms with Crippen LogP contribution in [-0.4, -0.2) is 18.6 Å². The highest BCUT2D eigenvalue weighted by atomic mass is 16.5. The molecule has 4 nitrogen and oxygen atoms in total. The molecule has 0 aliphatic heterocycles. The molecule has 24 heavy (non-hydrogen) atoms. The Labute approximate surface area is 143 Å². The molecule has 1 N–H and O–H groups in total. The number of aryl methyl sites for hydroxylation is 2. The van der Waals surface area contributed by atoms with Gasteiger partial charge in [0.2, 0.25) is 0 Å². The summed E-state index contributed by atoms with van der Waals surface area (Å²) < 4.78 is 11.3. The van der Waals surface area contributed by atoms with E-state index in [2.05, 4.69) is 5.32 Å². The van der Waals surface area contributed by atoms with Gasteiger partial charge in [-0.25, -0.2) is 0 Å². The van der Waals surface area contributed by atoms with Gasteiger partial charge in [-0.2, -0.15) is 0 Å². The minimum atomic E-state index is -0.530. The predicted octanol–water partition coefficient (Wildman–Crippen LogP) is 4.50. The topological polar surface area (TPSA) is 47.6 Å². The lowest BCUT2D eigenvalue weighted by atomic mass is 10.1. The number of carbonyl (C=O) groups is 1. The summed E-state index contributed by atoms with van der Waals surface area (Å²) in [6.45, 7) is 8.51. The van der Waals surface area contributed by atoms with Crippen molar-refractivity contribution in [3.63, 3.8) is 0 Å². The molecule has 128 valence electrons. The van der Waals surface area contributed by atoms with Crippen LogP contribution in [-0.2, 0) is 4.79 Å². The van der Waals surface area contributed by atoms with Crippen molar-refractivity contribution >= 4 is 11.6 Å². The highest BCUT2D eigenvalue weighted by molar-refractivity contribution is 5.94. The number of rotatable bonds is 7. The van der Waals surface area contributed by atoms with E-state index in [1.54, 1.807) is 0 Å². The van der Waals surface area contributed by atoms with Crippen molar-refractivity contribution in [2.24, 2.45) is 0 Å². The van der Waals surface area contributed by atoms with E-state index in [1.807, 2.05) is 70.2 Å². The average molecular weight is 327 g/mol. The number of amides is 1. The first-order valence-corrected chi connectivity index (χ1v) is 8.31. The summed E-state index contributed by atoms with van der Waals surface area (Å²) in [4.78, 5) is 12.5. The maximum atomic E-state index is 12.5. The zero-order valence-electron chi connectivity index (χ0n) is 14.8. The fraction of sp³-hybridized carbons (Fsp3) is 0.350. The summed E-state index contributed by atoms with van der Waals surface area (Å²) in [6.07, 6.45) is 0.0638. The molecule has 0 aliphatic carbocycles. The standard InChI is InChI=1S/C20H25NO3/c1-5-18(24-19-12-7-14(3)13-15(19)4)20(22)21-16-8-10-17(11-9-16)23-6-2/h7-13,18H,5-6H2,1-4H3,(H,21,22)/t18-/m1/s1. The van der Waals surface area contributed by atoms with E-state index in [9.17, 15) is 4.79 Å². The predicted molar refractivity (Wildman–Crippen MR) is 96.9 cm³/mol. The average Bonchev–Trinajstić information content (AvgIpc) is 2.56. The van der Waals surface area contributed by atoms with Gasteiger partial charge < -0.3 is 14.8 Å². The van der Waals surface area contributed by atoms with Gasteiger partial charge >= 0.3 is 0 Å². The Morgan fingerprint density at radius 1 is 1.08 bits per heavy atom. The molecule has 0 aromatic heterocycles. The van der Waals surface area contributed by atoms with Crippen LogP contribution in [0.2, 0.25) is 0 Å². The maximum Gasteiger partial charge on any atom is 0.265 e. The second-order valence-corrected chi connectivity index (χ2v) is 5.73. The van der Waals surface area contributed by atoms with Crippen LogP contribution in [0.15, 0.2) is 42.5 Å². The van der Waals surface area contributed by atoms with Crippen LogP contribution in [0.4, 0.5) is 5.69 Å². The maximum absolute atomic E-state index is 12.5. The molecule has 2 rings (SSSR count). The molecule has 0 heterocycles. The van der Waals surface area contributed by atoms with Crippen LogP contribution in [0.3, 0.4) is 0 Å². The van der Waals surface area contributed by atoms with Gasteiger partial charge in [-0.3, -0.25) is 4.79 Å². The molecule has 0 fully saturated rings. The van der Waals surface area contributed by atoms with Gasteiger partial charge in [0.1, 0.15) is 11.5 Å². The molecule has 0 radical (unpaired) electrons. The normalized spacial score (nSPS) is 11.7. The third-order valence-electron chi connectivity index (χ3n) is 3.70. The summed E-state index contributed by atoms with van der Waals surface area (Å²) in [5.74, 6) is 1.38. The number of hydrogen-bond donors (Lipinski definition) is 1. The van der Waals surface area contributed by atoms with Crippen LogP contribution in [0.25, 0.3) is 0 Å². The van der Waals surface area contributed by atoms with Crippen molar-refractivity contribution in [2.45, 2.75) is 40.2 Å². The molecule has 0 unspecified atom stereocenters. The fourth-order valence-electron chi connectivity index (χ4n) is 2.43. The van der Waals surface area contributed by atoms with E-state index in [1.165, 1.54) is 5.56 Å². The van der Waals surface area contributed by atoms with Crippen LogP contribution >= 0.6 is 0 Å². The molecule has 0 aliphatic rings. The van der Waals surface area contributed by atoms with E-state index in [4.69, 9.17) is 9.47 Å². The van der Waals surface area contributed by atoms with Crippen molar-refractivity contribution in [1.82, 2.24) is 0 Å². The minimum absolute atomic E-state index is 0.151. The van der Waals surface area contributed by atoms with E-state index < -0.39 is 6.10 Å². The van der Waals surface area contributed by atoms with Crippen LogP contribution in [0.5, 0.6) is 11.5 Å². The van der Waals surface area contributed by atoms with Gasteiger partial charge in [-0.05, 0) is 63.1 Å². The lowest BCUT2D eigenvalue weighted by Crippen LogP contribution is -2.32. The van der Waals surface area contributed by atoms with Crippen molar-refractivity contribution < 1.29 is 14.3 Å². The second-order valence-electron chi connectivity index (χ2n) is 5.73. The highest BCUT2D eigenvalue weighted by Gasteiger charge is 2.19. The molecule has 2 aromatic carbocycles. The molecule has 1 amide bonds. The number of benzene rings is 2. The summed E-state index contributed by atoms with van der Waals surface area (Å²) in [5, 5.41) is 2.89. The molecule has 4 heteroatoms. The highest BCUT2D eigenvalue weighted by Crippen LogP contribution is 2.22. The number of nitrogens with one attached hydrogen (secondary N) is 1. The van der Waals surface area contributed by atoms with E-state index in [0.29, 0.717) is 13.0 Å². The zero-order valence-corrected chi connectivity index (χ0v) is 14.8. The Balaban J connectivity index is 2.02. The van der Waals surface area contributed by atoms with Crippen LogP contribution < -0.4 is 14.8 Å². The zero-order chi connectivity index (χ0) is 17.5. The van der Waals surface area contributed by atoms with E-state index in [0.717, 1.165) is 22.7 Å². The van der Waals surface area contributed by atoms with Crippen molar-refractivity contribution in [3.05, 3.63) is 53.6 Å². The first-order valence-electron chi connectivity index (χ1n) is 8.31. The molecule has 2 aromatic rings. The van der Waals surface area contributed by atoms with E-state index in [-0.39, 0.29) is 5.91 Å². The fourth-order valence-corrected chi connectivity index (χ4v) is 2.43. The van der Waals surface area contributed by atoms with Crippen molar-refractivity contribution in [2.75, 3.05) is 11.9 Å². The van der Waals surface area contributed by atoms with E-state index >= 15 is 0 Å². The number of anilines is 1. The minimum Gasteiger partial charge on any atom is -0.494 e. The van der Waals surface area contributed by atoms with Gasteiger partial charge in [-0.15, -0.1) is 0 Å². The molecule has 1 atom stereocenters. The van der Waals surface area contributed by atoms with Gasteiger partial charge in [0.15, 0.2) is 6.10 Å². The third-order valence-corrected chi connectivity index (χ3v) is 3.70. The Bertz CT molecular complexity index is 680. The number of carbonyl (C=O) groups excluding carboxylic acids is 1. The number of hydrogen-bond acceptors (Lipinski definition) is 3. The lowest BCUT2D eigenvalue weighted by molar-refractivity contribution is -0.122. The smallest absolute Gasteiger partial charge is 0.265 e. The lowest BCUT2D eigenvalue weighted by Gasteiger charge is -2.19. The first-order chi connectivity index (χ1) is 11.5. The van der Waals surface area contributed by atoms with Gasteiger partial charge in [-0.1, -0.05) is 24.6 Å². The molecule has 0 saturated carbocycles. The molecular formula is C20H25NO3. The SMILES string of the molecule is CCOc1ccc(NC(=O)[C@@H](CC)Oc2ccc(C)cc2C)cc1. The van der Waals surface area contributed by atoms with Crippen LogP contribution in [0, 0.1) is 13.8 Å². The largest absolute Gasteiger partial charge is 0.494 e. The summed E-state index contributed by atoms with van der Waals surface area (Å²) in [5.41, 5.74) is 2.93. The summed E-state index contributed by atoms with van der Waals surface area (Å²) in [7, 11) is 0. The van der Waals surface area contributed by atoms with Crippen molar-refractivity contribution in [3.8, 4) is 11.5 Å². The summed E-state index contributed by atoms with van der Waals surface area (Å²) >= 11 is 0. The van der Waals surface area contributed by atoms with Gasteiger partial charge in [0.25, 0.3) is 5.91 Å². The Morgan fingerprint density at radius 2 is 1.79 bits per heavy atom. The second kappa shape index (κ2) is 8.39. The Morgan fingerprint density at radius 3 is 2.38 bits per heavy atom. The molecule has 0 bridgehead atoms. The quantitative estimate of drug-likeness (QED) is 0.814. The summed E-state index contributed by atoms with van der Waals surface area (Å²) in [6, 6.07) is 13.3. The monoisotopic (exact) mass is 327 g/mol. The van der Waals surface area contributed by atoms with Gasteiger partial charge in [0, 0.05) is 5.69 Å². The Hall–Kier alpha value is -2.49.